The van der Waals surface area contributed by atoms with E-state index in [2.05, 4.69) is 44.1 Å². The molecule has 2 N–H and O–H groups in total. The highest BCUT2D eigenvalue weighted by Gasteiger charge is 2.26. The lowest BCUT2D eigenvalue weighted by atomic mass is 10.2. The molecule has 1 aromatic rings. The van der Waals surface area contributed by atoms with Gasteiger partial charge in [-0.2, -0.15) is 0 Å². The molecule has 1 fully saturated rings. The summed E-state index contributed by atoms with van der Waals surface area (Å²) in [5, 5.41) is 5.90. The van der Waals surface area contributed by atoms with Gasteiger partial charge in [0.15, 0.2) is 0 Å². The molecule has 1 aliphatic rings. The normalized spacial score (nSPS) is 18.0. The third-order valence-corrected chi connectivity index (χ3v) is 3.52. The number of methoxy groups -OCH3 is 1. The van der Waals surface area contributed by atoms with Crippen LogP contribution < -0.4 is 15.5 Å². The van der Waals surface area contributed by atoms with Crippen molar-refractivity contribution in [3.63, 3.8) is 0 Å². The van der Waals surface area contributed by atoms with Gasteiger partial charge in [0.05, 0.1) is 13.2 Å². The summed E-state index contributed by atoms with van der Waals surface area (Å²) in [6, 6.07) is 2.03. The molecule has 0 saturated carbocycles. The van der Waals surface area contributed by atoms with E-state index in [9.17, 15) is 4.79 Å². The fraction of sp³-hybridized carbons (Fsp3) is 0.643. The molecule has 2 rings (SSSR count). The minimum absolute atomic E-state index is 0.0907. The average molecular weight is 293 g/mol. The first-order valence-corrected chi connectivity index (χ1v) is 7.19. The standard InChI is InChI=1S/C14H23N5O2/c1-9(2)13-17-11(15-3)7-12(18-13)19-6-5-10(8-19)16-14(20)21-4/h7,9-10H,5-6,8H2,1-4H3,(H,16,20)(H,15,17,18). The molecular formula is C14H23N5O2. The van der Waals surface area contributed by atoms with E-state index in [1.54, 1.807) is 0 Å². The SMILES string of the molecule is CNc1cc(N2CCC(NC(=O)OC)C2)nc(C(C)C)n1. The van der Waals surface area contributed by atoms with E-state index >= 15 is 0 Å². The van der Waals surface area contributed by atoms with E-state index in [1.807, 2.05) is 13.1 Å². The number of amides is 1. The Morgan fingerprint density at radius 3 is 2.86 bits per heavy atom. The van der Waals surface area contributed by atoms with Gasteiger partial charge in [0.25, 0.3) is 0 Å². The van der Waals surface area contributed by atoms with Gasteiger partial charge in [-0.3, -0.25) is 0 Å². The lowest BCUT2D eigenvalue weighted by Crippen LogP contribution is -2.37. The number of hydrogen-bond acceptors (Lipinski definition) is 6. The van der Waals surface area contributed by atoms with Crippen LogP contribution in [-0.4, -0.2) is 49.4 Å². The van der Waals surface area contributed by atoms with Gasteiger partial charge in [-0.15, -0.1) is 0 Å². The molecular weight excluding hydrogens is 270 g/mol. The molecule has 0 aromatic carbocycles. The average Bonchev–Trinajstić information content (AvgIpc) is 2.94. The molecule has 1 aliphatic heterocycles. The molecule has 1 aromatic heterocycles. The molecule has 0 bridgehead atoms. The fourth-order valence-electron chi connectivity index (χ4n) is 2.31. The van der Waals surface area contributed by atoms with Crippen molar-refractivity contribution < 1.29 is 9.53 Å². The van der Waals surface area contributed by atoms with Gasteiger partial charge < -0.3 is 20.3 Å². The molecule has 7 heteroatoms. The third kappa shape index (κ3) is 3.74. The van der Waals surface area contributed by atoms with Crippen LogP contribution in [0.15, 0.2) is 6.07 Å². The zero-order valence-electron chi connectivity index (χ0n) is 13.0. The molecule has 1 amide bonds. The molecule has 0 aliphatic carbocycles. The Morgan fingerprint density at radius 2 is 2.24 bits per heavy atom. The smallest absolute Gasteiger partial charge is 0.407 e. The molecule has 1 atom stereocenters. The van der Waals surface area contributed by atoms with Crippen LogP contribution in [0.5, 0.6) is 0 Å². The highest BCUT2D eigenvalue weighted by atomic mass is 16.5. The zero-order valence-corrected chi connectivity index (χ0v) is 13.0. The summed E-state index contributed by atoms with van der Waals surface area (Å²) in [7, 11) is 3.22. The van der Waals surface area contributed by atoms with Crippen LogP contribution in [-0.2, 0) is 4.74 Å². The second-order valence-corrected chi connectivity index (χ2v) is 5.44. The Hall–Kier alpha value is -2.05. The van der Waals surface area contributed by atoms with Crippen LogP contribution in [0.1, 0.15) is 32.0 Å². The molecule has 116 valence electrons. The highest BCUT2D eigenvalue weighted by Crippen LogP contribution is 2.23. The number of ether oxygens (including phenoxy) is 1. The van der Waals surface area contributed by atoms with Gasteiger partial charge >= 0.3 is 6.09 Å². The van der Waals surface area contributed by atoms with Crippen LogP contribution >= 0.6 is 0 Å². The third-order valence-electron chi connectivity index (χ3n) is 3.52. The van der Waals surface area contributed by atoms with Gasteiger partial charge in [-0.25, -0.2) is 14.8 Å². The Balaban J connectivity index is 2.12. The van der Waals surface area contributed by atoms with Gasteiger partial charge in [0, 0.05) is 32.1 Å². The van der Waals surface area contributed by atoms with Gasteiger partial charge in [0.1, 0.15) is 17.5 Å². The Labute approximate surface area is 125 Å². The van der Waals surface area contributed by atoms with Gasteiger partial charge in [-0.05, 0) is 6.42 Å². The first kappa shape index (κ1) is 15.3. The summed E-state index contributed by atoms with van der Waals surface area (Å²) in [6.07, 6.45) is 0.494. The molecule has 1 unspecified atom stereocenters. The summed E-state index contributed by atoms with van der Waals surface area (Å²) in [6.45, 7) is 5.73. The number of carbonyl (C=O) groups is 1. The second-order valence-electron chi connectivity index (χ2n) is 5.44. The molecule has 21 heavy (non-hydrogen) atoms. The Morgan fingerprint density at radius 1 is 1.48 bits per heavy atom. The maximum Gasteiger partial charge on any atom is 0.407 e. The van der Waals surface area contributed by atoms with Crippen molar-refractivity contribution in [2.45, 2.75) is 32.2 Å². The van der Waals surface area contributed by atoms with Crippen molar-refractivity contribution in [1.29, 1.82) is 0 Å². The highest BCUT2D eigenvalue weighted by molar-refractivity contribution is 5.67. The summed E-state index contributed by atoms with van der Waals surface area (Å²) in [5.41, 5.74) is 0. The van der Waals surface area contributed by atoms with Crippen LogP contribution in [0, 0.1) is 0 Å². The predicted molar refractivity (Wildman–Crippen MR) is 81.8 cm³/mol. The number of aromatic nitrogens is 2. The number of anilines is 2. The van der Waals surface area contributed by atoms with Crippen LogP contribution in [0.2, 0.25) is 0 Å². The minimum atomic E-state index is -0.386. The summed E-state index contributed by atoms with van der Waals surface area (Å²) < 4.78 is 4.64. The number of rotatable bonds is 4. The van der Waals surface area contributed by atoms with Crippen LogP contribution in [0.4, 0.5) is 16.4 Å². The molecule has 7 nitrogen and oxygen atoms in total. The van der Waals surface area contributed by atoms with Gasteiger partial charge in [-0.1, -0.05) is 13.8 Å². The number of nitrogens with zero attached hydrogens (tertiary/aromatic N) is 3. The number of carbonyl (C=O) groups excluding carboxylic acids is 1. The van der Waals surface area contributed by atoms with E-state index in [1.165, 1.54) is 7.11 Å². The zero-order chi connectivity index (χ0) is 15.4. The van der Waals surface area contributed by atoms with E-state index in [0.29, 0.717) is 0 Å². The summed E-state index contributed by atoms with van der Waals surface area (Å²) >= 11 is 0. The van der Waals surface area contributed by atoms with Gasteiger partial charge in [0.2, 0.25) is 0 Å². The Bertz CT molecular complexity index is 506. The fourth-order valence-corrected chi connectivity index (χ4v) is 2.31. The topological polar surface area (TPSA) is 79.4 Å². The number of alkyl carbamates (subject to hydrolysis) is 1. The molecule has 1 saturated heterocycles. The lowest BCUT2D eigenvalue weighted by molar-refractivity contribution is 0.167. The maximum absolute atomic E-state index is 11.3. The van der Waals surface area contributed by atoms with Crippen molar-refractivity contribution in [2.24, 2.45) is 0 Å². The monoisotopic (exact) mass is 293 g/mol. The second kappa shape index (κ2) is 6.60. The maximum atomic E-state index is 11.3. The largest absolute Gasteiger partial charge is 0.453 e. The van der Waals surface area contributed by atoms with Crippen molar-refractivity contribution in [3.8, 4) is 0 Å². The predicted octanol–water partition coefficient (Wildman–Crippen LogP) is 1.58. The number of hydrogen-bond donors (Lipinski definition) is 2. The first-order valence-electron chi connectivity index (χ1n) is 7.19. The molecule has 2 heterocycles. The van der Waals surface area contributed by atoms with E-state index in [0.717, 1.165) is 37.0 Å². The van der Waals surface area contributed by atoms with Crippen molar-refractivity contribution in [3.05, 3.63) is 11.9 Å². The first-order chi connectivity index (χ1) is 10.0. The summed E-state index contributed by atoms with van der Waals surface area (Å²) in [5.74, 6) is 2.80. The quantitative estimate of drug-likeness (QED) is 0.877. The lowest BCUT2D eigenvalue weighted by Gasteiger charge is -2.20. The number of nitrogens with one attached hydrogen (secondary N) is 2. The van der Waals surface area contributed by atoms with E-state index < -0.39 is 0 Å². The summed E-state index contributed by atoms with van der Waals surface area (Å²) in [4.78, 5) is 22.5. The molecule has 0 spiro atoms. The Kier molecular flexibility index (Phi) is 4.82. The van der Waals surface area contributed by atoms with Crippen LogP contribution in [0.3, 0.4) is 0 Å². The van der Waals surface area contributed by atoms with E-state index in [4.69, 9.17) is 0 Å². The van der Waals surface area contributed by atoms with Crippen molar-refractivity contribution >= 4 is 17.7 Å². The van der Waals surface area contributed by atoms with Crippen molar-refractivity contribution in [1.82, 2.24) is 15.3 Å². The van der Waals surface area contributed by atoms with Crippen LogP contribution in [0.25, 0.3) is 0 Å². The molecule has 0 radical (unpaired) electrons. The van der Waals surface area contributed by atoms with E-state index in [-0.39, 0.29) is 18.1 Å². The van der Waals surface area contributed by atoms with Crippen molar-refractivity contribution in [2.75, 3.05) is 37.5 Å². The minimum Gasteiger partial charge on any atom is -0.453 e.